The average molecular weight is 449 g/mol. The molecular formula is C20H32O9S. The summed E-state index contributed by atoms with van der Waals surface area (Å²) < 4.78 is 45.8. The molecule has 0 aromatic carbocycles. The van der Waals surface area contributed by atoms with Crippen LogP contribution in [0, 0.1) is 5.41 Å². The lowest BCUT2D eigenvalue weighted by Gasteiger charge is -2.32. The van der Waals surface area contributed by atoms with Gasteiger partial charge in [-0.3, -0.25) is 9.35 Å². The second-order valence-electron chi connectivity index (χ2n) is 7.35. The summed E-state index contributed by atoms with van der Waals surface area (Å²) in [6.07, 6.45) is 1.59. The van der Waals surface area contributed by atoms with Gasteiger partial charge < -0.3 is 14.2 Å². The van der Waals surface area contributed by atoms with E-state index >= 15 is 0 Å². The topological polar surface area (TPSA) is 133 Å². The fraction of sp³-hybridized carbons (Fsp3) is 0.650. The number of esters is 3. The second kappa shape index (κ2) is 13.2. The number of unbranched alkanes of at least 4 members (excludes halogenated alkanes) is 1. The van der Waals surface area contributed by atoms with Gasteiger partial charge in [0.15, 0.2) is 0 Å². The second-order valence-corrected chi connectivity index (χ2v) is 8.93. The Kier molecular flexibility index (Phi) is 12.2. The van der Waals surface area contributed by atoms with Gasteiger partial charge in [0.2, 0.25) is 0 Å². The molecule has 0 aromatic rings. The number of hydrogen-bond donors (Lipinski definition) is 1. The Morgan fingerprint density at radius 1 is 0.933 bits per heavy atom. The summed E-state index contributed by atoms with van der Waals surface area (Å²) in [5.41, 5.74) is -0.649. The molecule has 0 amide bonds. The zero-order chi connectivity index (χ0) is 23.4. The van der Waals surface area contributed by atoms with E-state index in [1.165, 1.54) is 13.8 Å². The molecule has 0 fully saturated rings. The van der Waals surface area contributed by atoms with E-state index in [2.05, 4.69) is 13.2 Å². The van der Waals surface area contributed by atoms with Gasteiger partial charge in [0.25, 0.3) is 10.1 Å². The van der Waals surface area contributed by atoms with E-state index in [-0.39, 0.29) is 43.8 Å². The van der Waals surface area contributed by atoms with Gasteiger partial charge in [-0.05, 0) is 26.7 Å². The van der Waals surface area contributed by atoms with Gasteiger partial charge in [0.1, 0.15) is 13.2 Å². The summed E-state index contributed by atoms with van der Waals surface area (Å²) in [6.45, 7) is 11.3. The molecule has 0 unspecified atom stereocenters. The van der Waals surface area contributed by atoms with E-state index in [1.807, 2.05) is 6.92 Å². The largest absolute Gasteiger partial charge is 0.466 e. The minimum Gasteiger partial charge on any atom is -0.466 e. The summed E-state index contributed by atoms with van der Waals surface area (Å²) in [6, 6.07) is 0. The molecule has 0 aromatic heterocycles. The molecule has 1 N–H and O–H groups in total. The van der Waals surface area contributed by atoms with E-state index in [1.54, 1.807) is 0 Å². The first-order valence-corrected chi connectivity index (χ1v) is 11.2. The van der Waals surface area contributed by atoms with Gasteiger partial charge >= 0.3 is 17.9 Å². The minimum atomic E-state index is -4.14. The van der Waals surface area contributed by atoms with E-state index in [9.17, 15) is 22.8 Å². The fourth-order valence-electron chi connectivity index (χ4n) is 2.40. The van der Waals surface area contributed by atoms with E-state index in [4.69, 9.17) is 18.8 Å². The molecule has 0 radical (unpaired) electrons. The molecule has 9 nitrogen and oxygen atoms in total. The van der Waals surface area contributed by atoms with Crippen molar-refractivity contribution in [1.82, 2.24) is 0 Å². The Bertz CT molecular complexity index is 707. The van der Waals surface area contributed by atoms with Crippen LogP contribution in [-0.2, 0) is 38.7 Å². The molecule has 0 heterocycles. The van der Waals surface area contributed by atoms with Crippen molar-refractivity contribution in [3.63, 3.8) is 0 Å². The summed E-state index contributed by atoms with van der Waals surface area (Å²) in [5.74, 6) is -2.47. The lowest BCUT2D eigenvalue weighted by Crippen LogP contribution is -2.37. The molecule has 0 aliphatic rings. The molecule has 0 rings (SSSR count). The van der Waals surface area contributed by atoms with Crippen molar-refractivity contribution < 1.29 is 41.6 Å². The minimum absolute atomic E-state index is 0.0676. The molecule has 30 heavy (non-hydrogen) atoms. The number of hydrogen-bond acceptors (Lipinski definition) is 8. The molecule has 0 atom stereocenters. The molecule has 0 aliphatic carbocycles. The van der Waals surface area contributed by atoms with Gasteiger partial charge in [-0.2, -0.15) is 8.42 Å². The van der Waals surface area contributed by atoms with E-state index in [0.717, 1.165) is 6.42 Å². The van der Waals surface area contributed by atoms with Crippen LogP contribution in [0.4, 0.5) is 0 Å². The third kappa shape index (κ3) is 12.4. The normalized spacial score (nSPS) is 11.5. The predicted molar refractivity (Wildman–Crippen MR) is 110 cm³/mol. The van der Waals surface area contributed by atoms with Gasteiger partial charge in [0.05, 0.1) is 18.8 Å². The van der Waals surface area contributed by atoms with Crippen LogP contribution in [-0.4, -0.2) is 56.5 Å². The average Bonchev–Trinajstić information content (AvgIpc) is 2.64. The standard InChI is InChI=1S/C20H32O9S/c1-6-7-9-20(13-28-18(22)15(2)3,14-29-19(23)16(4)5)12-17(21)27-10-8-11-30(24,25)26/h2,4,6-14H2,1,3,5H3,(H,24,25,26). The van der Waals surface area contributed by atoms with Crippen molar-refractivity contribution in [2.75, 3.05) is 25.6 Å². The smallest absolute Gasteiger partial charge is 0.333 e. The third-order valence-electron chi connectivity index (χ3n) is 4.11. The number of ether oxygens (including phenoxy) is 3. The lowest BCUT2D eigenvalue weighted by molar-refractivity contribution is -0.159. The van der Waals surface area contributed by atoms with Crippen LogP contribution in [0.1, 0.15) is 52.9 Å². The summed E-state index contributed by atoms with van der Waals surface area (Å²) in [7, 11) is -4.14. The number of carbonyl (C=O) groups excluding carboxylic acids is 3. The molecule has 0 spiro atoms. The third-order valence-corrected chi connectivity index (χ3v) is 4.91. The van der Waals surface area contributed by atoms with Crippen molar-refractivity contribution in [2.24, 2.45) is 5.41 Å². The highest BCUT2D eigenvalue weighted by Gasteiger charge is 2.36. The van der Waals surface area contributed by atoms with E-state index in [0.29, 0.717) is 12.8 Å². The van der Waals surface area contributed by atoms with Crippen LogP contribution in [0.25, 0.3) is 0 Å². The highest BCUT2D eigenvalue weighted by Crippen LogP contribution is 2.31. The first-order valence-electron chi connectivity index (χ1n) is 9.58. The molecule has 0 saturated heterocycles. The Hall–Kier alpha value is -2.20. The molecule has 172 valence electrons. The molecule has 0 saturated carbocycles. The zero-order valence-corrected chi connectivity index (χ0v) is 18.7. The predicted octanol–water partition coefficient (Wildman–Crippen LogP) is 2.61. The molecule has 10 heteroatoms. The summed E-state index contributed by atoms with van der Waals surface area (Å²) in [5, 5.41) is 0. The Labute approximate surface area is 178 Å². The van der Waals surface area contributed by atoms with Crippen molar-refractivity contribution in [1.29, 1.82) is 0 Å². The molecule has 0 bridgehead atoms. The summed E-state index contributed by atoms with van der Waals surface area (Å²) in [4.78, 5) is 36.1. The fourth-order valence-corrected chi connectivity index (χ4v) is 2.88. The molecular weight excluding hydrogens is 416 g/mol. The Morgan fingerprint density at radius 3 is 1.83 bits per heavy atom. The van der Waals surface area contributed by atoms with Gasteiger partial charge in [-0.15, -0.1) is 0 Å². The Morgan fingerprint density at radius 2 is 1.43 bits per heavy atom. The Balaban J connectivity index is 5.30. The quantitative estimate of drug-likeness (QED) is 0.132. The van der Waals surface area contributed by atoms with Crippen LogP contribution in [0.3, 0.4) is 0 Å². The first-order chi connectivity index (χ1) is 13.8. The van der Waals surface area contributed by atoms with E-state index < -0.39 is 39.2 Å². The van der Waals surface area contributed by atoms with Crippen LogP contribution in [0.15, 0.2) is 24.3 Å². The van der Waals surface area contributed by atoms with Crippen molar-refractivity contribution in [3.8, 4) is 0 Å². The summed E-state index contributed by atoms with van der Waals surface area (Å²) >= 11 is 0. The SMILES string of the molecule is C=C(C)C(=O)OCC(CCCC)(COC(=O)C(=C)C)CC(=O)OCCCS(=O)(=O)O. The zero-order valence-electron chi connectivity index (χ0n) is 17.9. The lowest BCUT2D eigenvalue weighted by atomic mass is 9.81. The van der Waals surface area contributed by atoms with Crippen molar-refractivity contribution in [2.45, 2.75) is 52.9 Å². The number of rotatable bonds is 15. The van der Waals surface area contributed by atoms with Gasteiger partial charge in [0, 0.05) is 16.6 Å². The van der Waals surface area contributed by atoms with Crippen LogP contribution < -0.4 is 0 Å². The monoisotopic (exact) mass is 448 g/mol. The van der Waals surface area contributed by atoms with Crippen molar-refractivity contribution in [3.05, 3.63) is 24.3 Å². The maximum Gasteiger partial charge on any atom is 0.333 e. The van der Waals surface area contributed by atoms with Gasteiger partial charge in [-0.25, -0.2) is 9.59 Å². The highest BCUT2D eigenvalue weighted by atomic mass is 32.2. The highest BCUT2D eigenvalue weighted by molar-refractivity contribution is 7.85. The van der Waals surface area contributed by atoms with Crippen LogP contribution >= 0.6 is 0 Å². The molecule has 0 aliphatic heterocycles. The van der Waals surface area contributed by atoms with Crippen LogP contribution in [0.2, 0.25) is 0 Å². The van der Waals surface area contributed by atoms with Crippen molar-refractivity contribution >= 4 is 28.0 Å². The maximum atomic E-state index is 12.4. The number of carbonyl (C=O) groups is 3. The van der Waals surface area contributed by atoms with Gasteiger partial charge in [-0.1, -0.05) is 32.9 Å². The first kappa shape index (κ1) is 27.8. The van der Waals surface area contributed by atoms with Crippen LogP contribution in [0.5, 0.6) is 0 Å². The maximum absolute atomic E-state index is 12.4.